The lowest BCUT2D eigenvalue weighted by molar-refractivity contribution is -0.596. The summed E-state index contributed by atoms with van der Waals surface area (Å²) in [5.41, 5.74) is 6.11. The van der Waals surface area contributed by atoms with Gasteiger partial charge in [-0.25, -0.2) is 0 Å². The average Bonchev–Trinajstić information content (AvgIpc) is 3.09. The minimum atomic E-state index is -0.813. The highest BCUT2D eigenvalue weighted by Gasteiger charge is 2.47. The molecule has 0 unspecified atom stereocenters. The minimum Gasteiger partial charge on any atom is -0.378 e. The highest BCUT2D eigenvalue weighted by molar-refractivity contribution is 6.30. The molecule has 0 aromatic heterocycles. The second-order valence-electron chi connectivity index (χ2n) is 7.95. The van der Waals surface area contributed by atoms with Crippen LogP contribution in [0.4, 0.5) is 5.69 Å². The molecular weight excluding hydrogens is 459 g/mol. The number of anilines is 1. The highest BCUT2D eigenvalue weighted by atomic mass is 35.5. The maximum absolute atomic E-state index is 12.9. The van der Waals surface area contributed by atoms with Crippen LogP contribution in [0.25, 0.3) is 0 Å². The summed E-state index contributed by atoms with van der Waals surface area (Å²) < 4.78 is 1.73. The number of benzene rings is 3. The Balaban J connectivity index is 1.68. The Morgan fingerprint density at radius 3 is 2.09 bits per heavy atom. The first-order valence-electron chi connectivity index (χ1n) is 10.3. The Morgan fingerprint density at radius 1 is 0.939 bits per heavy atom. The topological polar surface area (TPSA) is 64.5 Å². The fourth-order valence-electron chi connectivity index (χ4n) is 3.69. The number of carbonyl (C=O) groups excluding carboxylic acids is 2. The number of hydrogen-bond donors (Lipinski definition) is 2. The first kappa shape index (κ1) is 22.8. The minimum absolute atomic E-state index is 0.307. The van der Waals surface area contributed by atoms with Gasteiger partial charge < -0.3 is 10.2 Å². The molecule has 1 aliphatic rings. The number of rotatable bonds is 5. The van der Waals surface area contributed by atoms with Crippen molar-refractivity contribution in [2.24, 2.45) is 0 Å². The fourth-order valence-corrected chi connectivity index (χ4v) is 3.94. The van der Waals surface area contributed by atoms with Gasteiger partial charge in [-0.1, -0.05) is 35.3 Å². The molecule has 0 aliphatic carbocycles. The van der Waals surface area contributed by atoms with Gasteiger partial charge in [-0.05, 0) is 60.7 Å². The molecule has 33 heavy (non-hydrogen) atoms. The zero-order valence-electron chi connectivity index (χ0n) is 18.1. The fraction of sp³-hybridized carbons (Fsp3) is 0.160. The zero-order chi connectivity index (χ0) is 23.5. The van der Waals surface area contributed by atoms with Gasteiger partial charge in [0.25, 0.3) is 5.91 Å². The molecule has 3 aromatic carbocycles. The van der Waals surface area contributed by atoms with Crippen molar-refractivity contribution in [3.8, 4) is 0 Å². The number of halogens is 2. The number of carbonyl (C=O) groups is 2. The van der Waals surface area contributed by atoms with Gasteiger partial charge in [0.15, 0.2) is 6.04 Å². The largest absolute Gasteiger partial charge is 0.378 e. The molecule has 1 aliphatic heterocycles. The van der Waals surface area contributed by atoms with Crippen LogP contribution < -0.4 is 15.6 Å². The van der Waals surface area contributed by atoms with E-state index in [4.69, 9.17) is 23.2 Å². The Morgan fingerprint density at radius 2 is 1.52 bits per heavy atom. The molecule has 1 fully saturated rings. The maximum Gasteiger partial charge on any atom is 0.304 e. The lowest BCUT2D eigenvalue weighted by Crippen LogP contribution is -2.42. The van der Waals surface area contributed by atoms with E-state index in [1.807, 2.05) is 61.6 Å². The molecule has 4 rings (SSSR count). The first-order chi connectivity index (χ1) is 15.8. The summed E-state index contributed by atoms with van der Waals surface area (Å²) >= 11 is 12.0. The van der Waals surface area contributed by atoms with Gasteiger partial charge in [-0.3, -0.25) is 9.59 Å². The van der Waals surface area contributed by atoms with Crippen LogP contribution in [0.2, 0.25) is 10.0 Å². The summed E-state index contributed by atoms with van der Waals surface area (Å²) in [5, 5.41) is 4.00. The van der Waals surface area contributed by atoms with E-state index in [1.165, 1.54) is 0 Å². The Hall–Kier alpha value is -3.35. The van der Waals surface area contributed by atoms with Crippen molar-refractivity contribution in [2.75, 3.05) is 19.0 Å². The number of hydrazine groups is 1. The molecule has 1 saturated heterocycles. The smallest absolute Gasteiger partial charge is 0.304 e. The normalized spacial score (nSPS) is 18.8. The molecule has 3 aromatic rings. The van der Waals surface area contributed by atoms with Gasteiger partial charge in [0.05, 0.1) is 0 Å². The van der Waals surface area contributed by atoms with Gasteiger partial charge in [0.2, 0.25) is 12.3 Å². The Kier molecular flexibility index (Phi) is 6.67. The van der Waals surface area contributed by atoms with Crippen LogP contribution in [-0.2, 0) is 4.79 Å². The first-order valence-corrected chi connectivity index (χ1v) is 11.1. The molecule has 0 spiro atoms. The van der Waals surface area contributed by atoms with Gasteiger partial charge in [0.1, 0.15) is 0 Å². The molecule has 0 radical (unpaired) electrons. The van der Waals surface area contributed by atoms with E-state index in [0.717, 1.165) is 16.8 Å². The molecule has 2 atom stereocenters. The SMILES string of the molecule is CN(C)c1ccc(/C=[N+]2\NC(=O)[C@H](NC(=O)c3ccc(Cl)cc3)[C@@H]2c2ccc(Cl)cc2)cc1. The van der Waals surface area contributed by atoms with Crippen molar-refractivity contribution in [2.45, 2.75) is 12.1 Å². The van der Waals surface area contributed by atoms with E-state index < -0.39 is 12.1 Å². The lowest BCUT2D eigenvalue weighted by Gasteiger charge is -2.15. The monoisotopic (exact) mass is 481 g/mol. The van der Waals surface area contributed by atoms with E-state index in [9.17, 15) is 9.59 Å². The van der Waals surface area contributed by atoms with Gasteiger partial charge in [-0.2, -0.15) is 0 Å². The van der Waals surface area contributed by atoms with E-state index in [-0.39, 0.29) is 11.8 Å². The second kappa shape index (κ2) is 9.65. The van der Waals surface area contributed by atoms with Crippen molar-refractivity contribution in [3.05, 3.63) is 99.5 Å². The van der Waals surface area contributed by atoms with Crippen LogP contribution in [0.3, 0.4) is 0 Å². The molecule has 2 N–H and O–H groups in total. The molecule has 2 amide bonds. The standard InChI is InChI=1S/C25H22Cl2N4O2/c1-30(2)21-13-3-16(4-14-21)15-31-23(17-5-9-19(26)10-6-17)22(25(33)29-31)28-24(32)18-7-11-20(27)12-8-18/h3-15,22-23H,1-2H3,(H-,28,29,32,33)/p+1/t22-,23+/m1/s1. The third-order valence-corrected chi connectivity index (χ3v) is 5.94. The summed E-state index contributed by atoms with van der Waals surface area (Å²) in [7, 11) is 3.95. The third-order valence-electron chi connectivity index (χ3n) is 5.44. The summed E-state index contributed by atoms with van der Waals surface area (Å²) in [5.74, 6) is -0.665. The van der Waals surface area contributed by atoms with Gasteiger partial charge in [-0.15, -0.1) is 10.1 Å². The van der Waals surface area contributed by atoms with E-state index in [1.54, 1.807) is 41.1 Å². The Bertz CT molecular complexity index is 1190. The van der Waals surface area contributed by atoms with Crippen molar-refractivity contribution in [3.63, 3.8) is 0 Å². The molecule has 6 nitrogen and oxygen atoms in total. The van der Waals surface area contributed by atoms with E-state index in [2.05, 4.69) is 10.7 Å². The molecular formula is C25H23Cl2N4O2+. The zero-order valence-corrected chi connectivity index (χ0v) is 19.6. The van der Waals surface area contributed by atoms with Crippen LogP contribution in [-0.4, -0.2) is 42.9 Å². The number of amides is 2. The summed E-state index contributed by atoms with van der Waals surface area (Å²) in [6.45, 7) is 0. The van der Waals surface area contributed by atoms with Crippen LogP contribution in [0.1, 0.15) is 27.5 Å². The van der Waals surface area contributed by atoms with Crippen LogP contribution in [0.5, 0.6) is 0 Å². The number of hydrazone groups is 1. The summed E-state index contributed by atoms with van der Waals surface area (Å²) in [4.78, 5) is 27.8. The molecule has 0 saturated carbocycles. The van der Waals surface area contributed by atoms with E-state index >= 15 is 0 Å². The molecule has 1 heterocycles. The number of hydrogen-bond acceptors (Lipinski definition) is 3. The Labute approximate surface area is 202 Å². The predicted octanol–water partition coefficient (Wildman–Crippen LogP) is 4.08. The third kappa shape index (κ3) is 5.18. The van der Waals surface area contributed by atoms with Crippen molar-refractivity contribution >= 4 is 46.9 Å². The van der Waals surface area contributed by atoms with E-state index in [0.29, 0.717) is 15.6 Å². The molecule has 0 bridgehead atoms. The summed E-state index contributed by atoms with van der Waals surface area (Å²) in [6, 6.07) is 20.4. The van der Waals surface area contributed by atoms with Gasteiger partial charge in [0, 0.05) is 46.5 Å². The lowest BCUT2D eigenvalue weighted by atomic mass is 9.99. The number of nitrogens with one attached hydrogen (secondary N) is 2. The highest BCUT2D eigenvalue weighted by Crippen LogP contribution is 2.27. The van der Waals surface area contributed by atoms with Crippen LogP contribution >= 0.6 is 23.2 Å². The van der Waals surface area contributed by atoms with Crippen molar-refractivity contribution < 1.29 is 14.3 Å². The average molecular weight is 482 g/mol. The van der Waals surface area contributed by atoms with Crippen molar-refractivity contribution in [1.29, 1.82) is 0 Å². The number of nitrogens with zero attached hydrogens (tertiary/aromatic N) is 2. The molecule has 168 valence electrons. The van der Waals surface area contributed by atoms with Gasteiger partial charge >= 0.3 is 5.91 Å². The summed E-state index contributed by atoms with van der Waals surface area (Å²) in [6.07, 6.45) is 1.85. The quantitative estimate of drug-likeness (QED) is 0.539. The second-order valence-corrected chi connectivity index (χ2v) is 8.83. The molecule has 8 heteroatoms. The van der Waals surface area contributed by atoms with Crippen molar-refractivity contribution in [1.82, 2.24) is 10.7 Å². The van der Waals surface area contributed by atoms with Crippen LogP contribution in [0, 0.1) is 0 Å². The maximum atomic E-state index is 12.9. The van der Waals surface area contributed by atoms with Crippen LogP contribution in [0.15, 0.2) is 72.8 Å². The predicted molar refractivity (Wildman–Crippen MR) is 131 cm³/mol.